The summed E-state index contributed by atoms with van der Waals surface area (Å²) in [6.07, 6.45) is 6.33. The number of anilines is 2. The van der Waals surface area contributed by atoms with Crippen molar-refractivity contribution in [1.82, 2.24) is 23.6 Å². The molecule has 39 heavy (non-hydrogen) atoms. The van der Waals surface area contributed by atoms with Crippen LogP contribution >= 0.6 is 0 Å². The average Bonchev–Trinajstić information content (AvgIpc) is 3.54. The minimum Gasteiger partial charge on any atom is -0.483 e. The standard InChI is InChI=1S/C25H31F2N7O4S/c1-2-31-16-29-24(28)22(31)15-39(36,37)33-9-7-32(8-10-33)21-14-30-34(19-12-17(26)11-18(27)13-19)25(35)23(21)38-20-5-3-4-6-20/h11-14,16,20H,2-10,15,28H2,1H3. The lowest BCUT2D eigenvalue weighted by Gasteiger charge is -2.36. The number of nitrogen functional groups attached to an aromatic ring is 1. The van der Waals surface area contributed by atoms with Gasteiger partial charge in [-0.3, -0.25) is 4.79 Å². The van der Waals surface area contributed by atoms with E-state index in [2.05, 4.69) is 10.1 Å². The fraction of sp³-hybridized carbons (Fsp3) is 0.480. The normalized spacial score (nSPS) is 17.2. The Hall–Kier alpha value is -3.52. The van der Waals surface area contributed by atoms with Crippen LogP contribution in [0, 0.1) is 11.6 Å². The molecule has 0 atom stereocenters. The highest BCUT2D eigenvalue weighted by Crippen LogP contribution is 2.31. The van der Waals surface area contributed by atoms with E-state index in [1.165, 1.54) is 16.8 Å². The molecule has 0 radical (unpaired) electrons. The van der Waals surface area contributed by atoms with Gasteiger partial charge in [0.15, 0.2) is 0 Å². The number of hydrogen-bond acceptors (Lipinski definition) is 8. The van der Waals surface area contributed by atoms with E-state index in [0.29, 0.717) is 31.0 Å². The molecule has 2 fully saturated rings. The van der Waals surface area contributed by atoms with Crippen LogP contribution in [0.4, 0.5) is 20.3 Å². The van der Waals surface area contributed by atoms with E-state index in [1.807, 2.05) is 11.8 Å². The zero-order chi connectivity index (χ0) is 27.7. The lowest BCUT2D eigenvalue weighted by Crippen LogP contribution is -2.49. The Morgan fingerprint density at radius 3 is 2.38 bits per heavy atom. The van der Waals surface area contributed by atoms with Crippen LogP contribution in [0.5, 0.6) is 5.75 Å². The molecular weight excluding hydrogens is 532 g/mol. The summed E-state index contributed by atoms with van der Waals surface area (Å²) in [6.45, 7) is 3.39. The number of piperazine rings is 1. The van der Waals surface area contributed by atoms with E-state index in [1.54, 1.807) is 4.57 Å². The monoisotopic (exact) mass is 563 g/mol. The summed E-state index contributed by atoms with van der Waals surface area (Å²) in [5.74, 6) is -1.69. The van der Waals surface area contributed by atoms with Gasteiger partial charge in [-0.15, -0.1) is 0 Å². The van der Waals surface area contributed by atoms with Crippen molar-refractivity contribution in [2.75, 3.05) is 36.8 Å². The highest BCUT2D eigenvalue weighted by Gasteiger charge is 2.32. The third kappa shape index (κ3) is 5.62. The number of rotatable bonds is 8. The molecule has 0 amide bonds. The molecule has 1 aliphatic carbocycles. The van der Waals surface area contributed by atoms with Gasteiger partial charge in [-0.05, 0) is 44.7 Å². The van der Waals surface area contributed by atoms with Crippen molar-refractivity contribution in [2.45, 2.75) is 51.0 Å². The van der Waals surface area contributed by atoms with Crippen LogP contribution in [0.1, 0.15) is 38.3 Å². The molecule has 3 heterocycles. The van der Waals surface area contributed by atoms with E-state index < -0.39 is 27.2 Å². The quantitative estimate of drug-likeness (QED) is 0.442. The second-order valence-electron chi connectivity index (χ2n) is 9.73. The summed E-state index contributed by atoms with van der Waals surface area (Å²) in [6, 6.07) is 2.77. The third-order valence-corrected chi connectivity index (χ3v) is 8.99. The number of hydrogen-bond donors (Lipinski definition) is 1. The van der Waals surface area contributed by atoms with Crippen LogP contribution in [0.3, 0.4) is 0 Å². The molecule has 14 heteroatoms. The molecule has 2 aliphatic rings. The van der Waals surface area contributed by atoms with Gasteiger partial charge in [0.2, 0.25) is 15.8 Å². The molecule has 2 N–H and O–H groups in total. The molecule has 3 aromatic rings. The number of aryl methyl sites for hydroxylation is 1. The van der Waals surface area contributed by atoms with Gasteiger partial charge in [-0.1, -0.05) is 0 Å². The zero-order valence-electron chi connectivity index (χ0n) is 21.6. The van der Waals surface area contributed by atoms with Crippen LogP contribution in [-0.4, -0.2) is 64.3 Å². The van der Waals surface area contributed by atoms with Crippen molar-refractivity contribution in [2.24, 2.45) is 0 Å². The van der Waals surface area contributed by atoms with Crippen LogP contribution in [0.2, 0.25) is 0 Å². The zero-order valence-corrected chi connectivity index (χ0v) is 22.4. The van der Waals surface area contributed by atoms with Gasteiger partial charge < -0.3 is 19.9 Å². The number of ether oxygens (including phenoxy) is 1. The number of nitrogens with zero attached hydrogens (tertiary/aromatic N) is 6. The Labute approximate surface area is 224 Å². The summed E-state index contributed by atoms with van der Waals surface area (Å²) in [4.78, 5) is 19.4. The highest BCUT2D eigenvalue weighted by molar-refractivity contribution is 7.88. The van der Waals surface area contributed by atoms with Crippen molar-refractivity contribution in [1.29, 1.82) is 0 Å². The molecule has 1 saturated carbocycles. The third-order valence-electron chi connectivity index (χ3n) is 7.20. The summed E-state index contributed by atoms with van der Waals surface area (Å²) in [5, 5.41) is 4.18. The first-order valence-corrected chi connectivity index (χ1v) is 14.5. The number of nitrogens with two attached hydrogens (primary N) is 1. The molecule has 1 aliphatic heterocycles. The fourth-order valence-electron chi connectivity index (χ4n) is 5.11. The highest BCUT2D eigenvalue weighted by atomic mass is 32.2. The summed E-state index contributed by atoms with van der Waals surface area (Å²) < 4.78 is 64.3. The molecule has 5 rings (SSSR count). The first kappa shape index (κ1) is 27.1. The van der Waals surface area contributed by atoms with E-state index in [9.17, 15) is 22.0 Å². The van der Waals surface area contributed by atoms with E-state index >= 15 is 0 Å². The van der Waals surface area contributed by atoms with Gasteiger partial charge in [-0.25, -0.2) is 22.2 Å². The SMILES string of the molecule is CCn1cnc(N)c1CS(=O)(=O)N1CCN(c2cnn(-c3cc(F)cc(F)c3)c(=O)c2OC2CCCC2)CC1. The first-order valence-electron chi connectivity index (χ1n) is 12.9. The van der Waals surface area contributed by atoms with Gasteiger partial charge in [0.1, 0.15) is 28.9 Å². The molecule has 0 spiro atoms. The number of sulfonamides is 1. The largest absolute Gasteiger partial charge is 0.483 e. The maximum atomic E-state index is 13.9. The van der Waals surface area contributed by atoms with Crippen LogP contribution < -0.4 is 20.9 Å². The minimum absolute atomic E-state index is 0.0393. The molecule has 1 aromatic carbocycles. The Kier molecular flexibility index (Phi) is 7.58. The van der Waals surface area contributed by atoms with E-state index in [4.69, 9.17) is 10.5 Å². The molecule has 0 bridgehead atoms. The van der Waals surface area contributed by atoms with Gasteiger partial charge in [0, 0.05) is 38.8 Å². The van der Waals surface area contributed by atoms with Crippen molar-refractivity contribution in [3.05, 3.63) is 58.4 Å². The topological polar surface area (TPSA) is 129 Å². The number of halogens is 2. The average molecular weight is 564 g/mol. The van der Waals surface area contributed by atoms with Crippen molar-refractivity contribution < 1.29 is 21.9 Å². The Morgan fingerprint density at radius 1 is 1.08 bits per heavy atom. The predicted molar refractivity (Wildman–Crippen MR) is 141 cm³/mol. The second-order valence-corrected chi connectivity index (χ2v) is 11.7. The van der Waals surface area contributed by atoms with E-state index in [-0.39, 0.29) is 42.2 Å². The number of imidazole rings is 1. The summed E-state index contributed by atoms with van der Waals surface area (Å²) >= 11 is 0. The van der Waals surface area contributed by atoms with E-state index in [0.717, 1.165) is 48.6 Å². The minimum atomic E-state index is -3.67. The van der Waals surface area contributed by atoms with Crippen molar-refractivity contribution in [3.63, 3.8) is 0 Å². The maximum absolute atomic E-state index is 13.9. The second kappa shape index (κ2) is 10.9. The molecule has 1 saturated heterocycles. The van der Waals surface area contributed by atoms with Crippen LogP contribution in [-0.2, 0) is 22.3 Å². The smallest absolute Gasteiger partial charge is 0.316 e. The first-order chi connectivity index (χ1) is 18.7. The molecule has 210 valence electrons. The summed E-state index contributed by atoms with van der Waals surface area (Å²) in [7, 11) is -3.67. The van der Waals surface area contributed by atoms with Gasteiger partial charge in [0.05, 0.1) is 30.0 Å². The number of aromatic nitrogens is 4. The predicted octanol–water partition coefficient (Wildman–Crippen LogP) is 2.28. The number of benzene rings is 1. The van der Waals surface area contributed by atoms with Crippen molar-refractivity contribution >= 4 is 21.5 Å². The maximum Gasteiger partial charge on any atom is 0.316 e. The summed E-state index contributed by atoms with van der Waals surface area (Å²) in [5.41, 5.74) is 6.09. The van der Waals surface area contributed by atoms with Gasteiger partial charge >= 0.3 is 5.56 Å². The Morgan fingerprint density at radius 2 is 1.74 bits per heavy atom. The molecular formula is C25H31F2N7O4S. The van der Waals surface area contributed by atoms with Gasteiger partial charge in [0.25, 0.3) is 0 Å². The van der Waals surface area contributed by atoms with Gasteiger partial charge in [-0.2, -0.15) is 14.1 Å². The Bertz CT molecular complexity index is 1490. The van der Waals surface area contributed by atoms with Crippen molar-refractivity contribution in [3.8, 4) is 11.4 Å². The lowest BCUT2D eigenvalue weighted by atomic mass is 10.2. The van der Waals surface area contributed by atoms with Crippen LogP contribution in [0.25, 0.3) is 5.69 Å². The lowest BCUT2D eigenvalue weighted by molar-refractivity contribution is 0.205. The Balaban J connectivity index is 1.39. The molecule has 2 aromatic heterocycles. The van der Waals surface area contributed by atoms with Crippen LogP contribution in [0.15, 0.2) is 35.5 Å². The molecule has 11 nitrogen and oxygen atoms in total. The fourth-order valence-corrected chi connectivity index (χ4v) is 6.67. The molecule has 0 unspecified atom stereocenters.